The van der Waals surface area contributed by atoms with Crippen LogP contribution in [0.5, 0.6) is 0 Å². The summed E-state index contributed by atoms with van der Waals surface area (Å²) in [6.45, 7) is -0.150. The number of aliphatic imine (C=N–C) groups is 1. The molecule has 0 aliphatic carbocycles. The highest BCUT2D eigenvalue weighted by atomic mass is 32.2. The lowest BCUT2D eigenvalue weighted by atomic mass is 9.99. The molecule has 9 nitrogen and oxygen atoms in total. The summed E-state index contributed by atoms with van der Waals surface area (Å²) in [7, 11) is -1.05. The molecule has 2 aromatic rings. The second kappa shape index (κ2) is 8.27. The van der Waals surface area contributed by atoms with E-state index in [2.05, 4.69) is 4.99 Å². The van der Waals surface area contributed by atoms with E-state index in [9.17, 15) is 19.3 Å². The lowest BCUT2D eigenvalue weighted by Crippen LogP contribution is -2.27. The number of nitro benzene ring substituents is 1. The topological polar surface area (TPSA) is 134 Å². The lowest BCUT2D eigenvalue weighted by Gasteiger charge is -2.17. The van der Waals surface area contributed by atoms with Gasteiger partial charge in [0.25, 0.3) is 5.69 Å². The van der Waals surface area contributed by atoms with Gasteiger partial charge in [0.15, 0.2) is 0 Å². The minimum Gasteiger partial charge on any atom is -0.313 e. The predicted octanol–water partition coefficient (Wildman–Crippen LogP) is 2.18. The number of non-ortho nitro benzene ring substituents is 1. The van der Waals surface area contributed by atoms with Gasteiger partial charge < -0.3 is 4.90 Å². The van der Waals surface area contributed by atoms with Crippen molar-refractivity contribution in [3.63, 3.8) is 0 Å². The van der Waals surface area contributed by atoms with Crippen LogP contribution >= 0.6 is 0 Å². The number of nitrogens with one attached hydrogen (secondary N) is 1. The van der Waals surface area contributed by atoms with Gasteiger partial charge >= 0.3 is 10.5 Å². The second-order valence-corrected chi connectivity index (χ2v) is 5.76. The van der Waals surface area contributed by atoms with Crippen molar-refractivity contribution in [2.24, 2.45) is 4.99 Å². The van der Waals surface area contributed by atoms with Crippen LogP contribution in [0, 0.1) is 20.7 Å². The molecule has 1 aliphatic rings. The number of hydrogen-bond donors (Lipinski definition) is 1. The molecular weight excluding hydrogens is 379 g/mol. The number of nitro groups is 1. The van der Waals surface area contributed by atoms with Gasteiger partial charge in [-0.2, -0.15) is 13.2 Å². The number of benzodiazepines with no additional fused rings is 1. The van der Waals surface area contributed by atoms with Crippen molar-refractivity contribution in [2.45, 2.75) is 0 Å². The van der Waals surface area contributed by atoms with Crippen LogP contribution in [-0.4, -0.2) is 38.6 Å². The fourth-order valence-electron chi connectivity index (χ4n) is 2.48. The van der Waals surface area contributed by atoms with Crippen LogP contribution in [0.2, 0.25) is 0 Å². The largest absolute Gasteiger partial charge is 0.313 e. The molecule has 27 heavy (non-hydrogen) atoms. The number of fused-ring (bicyclic) bond motifs is 1. The summed E-state index contributed by atoms with van der Waals surface area (Å²) < 4.78 is 37.0. The zero-order valence-corrected chi connectivity index (χ0v) is 14.7. The maximum absolute atomic E-state index is 14.1. The van der Waals surface area contributed by atoms with Gasteiger partial charge in [-0.25, -0.2) is 4.39 Å². The molecule has 0 unspecified atom stereocenters. The molecule has 1 amide bonds. The van der Waals surface area contributed by atoms with E-state index in [4.69, 9.17) is 13.2 Å². The molecule has 0 spiro atoms. The molecule has 11 heteroatoms. The van der Waals surface area contributed by atoms with Crippen LogP contribution in [0.25, 0.3) is 0 Å². The standard InChI is InChI=1S/C16H12FN3O3.HNO2S/c1-19-14-7-6-10(20(22)23)8-12(14)16(18-9-15(19)21)11-4-2-3-5-13(11)17;1-4(2)3/h2-8H,9H2,1H3;1H. The molecule has 0 atom stereocenters. The first-order valence-corrected chi connectivity index (χ1v) is 8.45. The van der Waals surface area contributed by atoms with Gasteiger partial charge in [-0.1, -0.05) is 12.1 Å². The van der Waals surface area contributed by atoms with E-state index in [1.807, 2.05) is 0 Å². The van der Waals surface area contributed by atoms with Crippen molar-refractivity contribution < 1.29 is 22.5 Å². The zero-order valence-electron chi connectivity index (χ0n) is 13.9. The van der Waals surface area contributed by atoms with Crippen LogP contribution in [0.4, 0.5) is 15.8 Å². The van der Waals surface area contributed by atoms with E-state index in [0.717, 1.165) is 0 Å². The molecule has 2 aromatic carbocycles. The summed E-state index contributed by atoms with van der Waals surface area (Å²) in [5, 5.41) is 11.0. The van der Waals surface area contributed by atoms with Crippen molar-refractivity contribution in [2.75, 3.05) is 18.5 Å². The molecule has 0 fully saturated rings. The van der Waals surface area contributed by atoms with Gasteiger partial charge in [-0.05, 0) is 18.2 Å². The summed E-state index contributed by atoms with van der Waals surface area (Å²) in [5.74, 6) is -0.771. The smallest absolute Gasteiger partial charge is 0.308 e. The highest BCUT2D eigenvalue weighted by Crippen LogP contribution is 2.30. The molecule has 0 radical (unpaired) electrons. The van der Waals surface area contributed by atoms with Gasteiger partial charge in [0.2, 0.25) is 5.91 Å². The molecule has 0 aromatic heterocycles. The number of rotatable bonds is 2. The van der Waals surface area contributed by atoms with Crippen molar-refractivity contribution in [1.29, 1.82) is 4.78 Å². The van der Waals surface area contributed by atoms with Gasteiger partial charge in [0.05, 0.1) is 16.3 Å². The fraction of sp³-hybridized carbons (Fsp3) is 0.125. The normalized spacial score (nSPS) is 12.9. The van der Waals surface area contributed by atoms with Gasteiger partial charge in [0, 0.05) is 30.3 Å². The Morgan fingerprint density at radius 1 is 1.22 bits per heavy atom. The monoisotopic (exact) mass is 392 g/mol. The molecule has 1 N–H and O–H groups in total. The lowest BCUT2D eigenvalue weighted by molar-refractivity contribution is -0.384. The van der Waals surface area contributed by atoms with Gasteiger partial charge in [0.1, 0.15) is 12.4 Å². The molecular formula is C16H13FN4O5S. The Kier molecular flexibility index (Phi) is 6.08. The highest BCUT2D eigenvalue weighted by molar-refractivity contribution is 7.60. The Bertz CT molecular complexity index is 1050. The maximum Gasteiger partial charge on any atom is 0.308 e. The number of nitrogens with zero attached hydrogens (tertiary/aromatic N) is 3. The molecule has 0 saturated heterocycles. The van der Waals surface area contributed by atoms with E-state index in [1.165, 1.54) is 35.2 Å². The number of anilines is 1. The van der Waals surface area contributed by atoms with Crippen molar-refractivity contribution in [3.05, 3.63) is 69.5 Å². The summed E-state index contributed by atoms with van der Waals surface area (Å²) in [6.07, 6.45) is 0. The second-order valence-electron chi connectivity index (χ2n) is 5.29. The Labute approximate surface area is 154 Å². The quantitative estimate of drug-likeness (QED) is 0.617. The van der Waals surface area contributed by atoms with Gasteiger partial charge in [-0.15, -0.1) is 0 Å². The average molecular weight is 392 g/mol. The van der Waals surface area contributed by atoms with Crippen LogP contribution in [0.15, 0.2) is 47.5 Å². The summed E-state index contributed by atoms with van der Waals surface area (Å²) in [5.41, 5.74) is 1.12. The summed E-state index contributed by atoms with van der Waals surface area (Å²) in [6, 6.07) is 10.1. The molecule has 0 saturated carbocycles. The molecule has 1 aliphatic heterocycles. The van der Waals surface area contributed by atoms with Crippen molar-refractivity contribution >= 4 is 33.5 Å². The SMILES string of the molecule is CN1C(=O)CN=C(c2ccccc2F)c2cc([N+](=O)[O-])ccc21.N=S(=O)=O. The van der Waals surface area contributed by atoms with Crippen LogP contribution in [0.3, 0.4) is 0 Å². The third kappa shape index (κ3) is 4.58. The minimum atomic E-state index is -2.61. The minimum absolute atomic E-state index is 0.143. The number of hydrogen-bond acceptors (Lipinski definition) is 7. The number of amides is 1. The first-order valence-electron chi connectivity index (χ1n) is 7.37. The first-order chi connectivity index (χ1) is 12.7. The Balaban J connectivity index is 0.000000596. The number of benzene rings is 2. The number of carbonyl (C=O) groups excluding carboxylic acids is 1. The Morgan fingerprint density at radius 2 is 1.85 bits per heavy atom. The average Bonchev–Trinajstić information content (AvgIpc) is 2.72. The Morgan fingerprint density at radius 3 is 2.44 bits per heavy atom. The van der Waals surface area contributed by atoms with E-state index in [-0.39, 0.29) is 29.4 Å². The number of likely N-dealkylation sites (N-methyl/N-ethyl adjacent to an activating group) is 1. The maximum atomic E-state index is 14.1. The first kappa shape index (κ1) is 19.8. The third-order valence-electron chi connectivity index (χ3n) is 3.68. The number of carbonyl (C=O) groups is 1. The van der Waals surface area contributed by atoms with E-state index >= 15 is 0 Å². The van der Waals surface area contributed by atoms with E-state index in [1.54, 1.807) is 19.2 Å². The van der Waals surface area contributed by atoms with Crippen molar-refractivity contribution in [3.8, 4) is 0 Å². The van der Waals surface area contributed by atoms with Crippen molar-refractivity contribution in [1.82, 2.24) is 0 Å². The summed E-state index contributed by atoms with van der Waals surface area (Å²) in [4.78, 5) is 28.1. The van der Waals surface area contributed by atoms with Crippen LogP contribution in [0.1, 0.15) is 11.1 Å². The van der Waals surface area contributed by atoms with E-state index in [0.29, 0.717) is 11.3 Å². The molecule has 3 rings (SSSR count). The highest BCUT2D eigenvalue weighted by Gasteiger charge is 2.25. The predicted molar refractivity (Wildman–Crippen MR) is 95.1 cm³/mol. The van der Waals surface area contributed by atoms with Crippen LogP contribution < -0.4 is 4.90 Å². The molecule has 140 valence electrons. The number of halogens is 1. The molecule has 0 bridgehead atoms. The molecule has 1 heterocycles. The summed E-state index contributed by atoms with van der Waals surface area (Å²) >= 11 is 0. The Hall–Kier alpha value is -3.47. The fourth-order valence-corrected chi connectivity index (χ4v) is 2.48. The van der Waals surface area contributed by atoms with Crippen LogP contribution in [-0.2, 0) is 15.3 Å². The van der Waals surface area contributed by atoms with E-state index < -0.39 is 21.2 Å². The van der Waals surface area contributed by atoms with Gasteiger partial charge in [-0.3, -0.25) is 19.9 Å². The third-order valence-corrected chi connectivity index (χ3v) is 3.68. The zero-order chi connectivity index (χ0) is 20.1.